The van der Waals surface area contributed by atoms with E-state index < -0.39 is 16.6 Å². The molecule has 7 nitrogen and oxygen atoms in total. The SMILES string of the molecule is O=C(N/N=C\c1cc([N+](=O)[O-])ccc1[O-])c1cccc(Cl)c1. The molecule has 1 N–H and O–H groups in total. The van der Waals surface area contributed by atoms with Gasteiger partial charge in [-0.2, -0.15) is 5.10 Å². The summed E-state index contributed by atoms with van der Waals surface area (Å²) in [5.41, 5.74) is 2.28. The predicted molar refractivity (Wildman–Crippen MR) is 79.1 cm³/mol. The van der Waals surface area contributed by atoms with Crippen LogP contribution < -0.4 is 10.5 Å². The van der Waals surface area contributed by atoms with Gasteiger partial charge in [0.1, 0.15) is 0 Å². The fourth-order valence-corrected chi connectivity index (χ4v) is 1.80. The number of halogens is 1. The molecule has 22 heavy (non-hydrogen) atoms. The van der Waals surface area contributed by atoms with E-state index in [1.165, 1.54) is 6.07 Å². The molecule has 0 aliphatic heterocycles. The molecule has 0 radical (unpaired) electrons. The van der Waals surface area contributed by atoms with Crippen molar-refractivity contribution in [2.75, 3.05) is 0 Å². The largest absolute Gasteiger partial charge is 0.872 e. The van der Waals surface area contributed by atoms with Gasteiger partial charge < -0.3 is 5.11 Å². The second-order valence-corrected chi connectivity index (χ2v) is 4.63. The number of carbonyl (C=O) groups excluding carboxylic acids is 1. The molecule has 0 atom stereocenters. The van der Waals surface area contributed by atoms with Crippen molar-refractivity contribution in [2.45, 2.75) is 0 Å². The van der Waals surface area contributed by atoms with E-state index in [1.54, 1.807) is 18.2 Å². The van der Waals surface area contributed by atoms with Crippen LogP contribution in [-0.2, 0) is 0 Å². The normalized spacial score (nSPS) is 10.6. The monoisotopic (exact) mass is 318 g/mol. The maximum Gasteiger partial charge on any atom is 0.271 e. The Morgan fingerprint density at radius 1 is 1.27 bits per heavy atom. The number of nitrogens with zero attached hydrogens (tertiary/aromatic N) is 2. The van der Waals surface area contributed by atoms with Gasteiger partial charge in [-0.1, -0.05) is 29.5 Å². The third-order valence-corrected chi connectivity index (χ3v) is 2.90. The van der Waals surface area contributed by atoms with Gasteiger partial charge in [0.2, 0.25) is 0 Å². The van der Waals surface area contributed by atoms with E-state index in [0.29, 0.717) is 10.6 Å². The lowest BCUT2D eigenvalue weighted by Crippen LogP contribution is -2.17. The van der Waals surface area contributed by atoms with Crippen molar-refractivity contribution < 1.29 is 14.8 Å². The average molecular weight is 319 g/mol. The van der Waals surface area contributed by atoms with Gasteiger partial charge in [-0.3, -0.25) is 14.9 Å². The summed E-state index contributed by atoms with van der Waals surface area (Å²) in [7, 11) is 0. The standard InChI is InChI=1S/C14H10ClN3O4/c15-11-3-1-2-9(6-11)14(20)17-16-8-10-7-12(18(21)22)4-5-13(10)19/h1-8,19H,(H,17,20)/p-1/b16-8-. The van der Waals surface area contributed by atoms with Crippen LogP contribution in [0, 0.1) is 10.1 Å². The van der Waals surface area contributed by atoms with Gasteiger partial charge >= 0.3 is 0 Å². The summed E-state index contributed by atoms with van der Waals surface area (Å²) in [4.78, 5) is 21.8. The summed E-state index contributed by atoms with van der Waals surface area (Å²) in [6.07, 6.45) is 1.05. The van der Waals surface area contributed by atoms with Gasteiger partial charge in [-0.05, 0) is 23.8 Å². The molecule has 1 amide bonds. The van der Waals surface area contributed by atoms with Gasteiger partial charge in [-0.15, -0.1) is 0 Å². The van der Waals surface area contributed by atoms with Crippen LogP contribution in [0.15, 0.2) is 47.6 Å². The van der Waals surface area contributed by atoms with Crippen molar-refractivity contribution in [3.8, 4) is 5.75 Å². The Labute approximate surface area is 130 Å². The van der Waals surface area contributed by atoms with Crippen LogP contribution in [0.1, 0.15) is 15.9 Å². The lowest BCUT2D eigenvalue weighted by atomic mass is 10.2. The van der Waals surface area contributed by atoms with E-state index in [4.69, 9.17) is 11.6 Å². The number of benzene rings is 2. The van der Waals surface area contributed by atoms with Gasteiger partial charge in [0.05, 0.1) is 11.1 Å². The summed E-state index contributed by atoms with van der Waals surface area (Å²) < 4.78 is 0. The molecule has 0 unspecified atom stereocenters. The minimum atomic E-state index is -0.624. The van der Waals surface area contributed by atoms with E-state index in [2.05, 4.69) is 10.5 Å². The minimum Gasteiger partial charge on any atom is -0.872 e. The van der Waals surface area contributed by atoms with Crippen molar-refractivity contribution in [3.63, 3.8) is 0 Å². The minimum absolute atomic E-state index is 0.000550. The Bertz CT molecular complexity index is 762. The zero-order valence-electron chi connectivity index (χ0n) is 11.0. The van der Waals surface area contributed by atoms with Gasteiger partial charge in [0.15, 0.2) is 0 Å². The highest BCUT2D eigenvalue weighted by atomic mass is 35.5. The van der Waals surface area contributed by atoms with Crippen LogP contribution in [0.5, 0.6) is 5.75 Å². The smallest absolute Gasteiger partial charge is 0.271 e. The zero-order chi connectivity index (χ0) is 16.1. The third kappa shape index (κ3) is 3.80. The van der Waals surface area contributed by atoms with Gasteiger partial charge in [0.25, 0.3) is 11.6 Å². The first-order chi connectivity index (χ1) is 10.5. The summed E-state index contributed by atoms with van der Waals surface area (Å²) in [6.45, 7) is 0. The topological polar surface area (TPSA) is 108 Å². The van der Waals surface area contributed by atoms with Crippen molar-refractivity contribution in [1.29, 1.82) is 0 Å². The summed E-state index contributed by atoms with van der Waals surface area (Å²) >= 11 is 5.76. The average Bonchev–Trinajstić information content (AvgIpc) is 2.48. The van der Waals surface area contributed by atoms with E-state index in [0.717, 1.165) is 24.4 Å². The molecule has 112 valence electrons. The van der Waals surface area contributed by atoms with Crippen molar-refractivity contribution >= 4 is 29.4 Å². The number of nitro groups is 1. The molecular weight excluding hydrogens is 310 g/mol. The third-order valence-electron chi connectivity index (χ3n) is 2.66. The predicted octanol–water partition coefficient (Wildman–Crippen LogP) is 2.09. The van der Waals surface area contributed by atoms with Gasteiger partial charge in [-0.25, -0.2) is 5.43 Å². The number of carbonyl (C=O) groups is 1. The maximum atomic E-state index is 11.8. The van der Waals surface area contributed by atoms with Crippen LogP contribution in [0.4, 0.5) is 5.69 Å². The molecule has 0 fully saturated rings. The second kappa shape index (κ2) is 6.68. The summed E-state index contributed by atoms with van der Waals surface area (Å²) in [5, 5.41) is 26.2. The van der Waals surface area contributed by atoms with Crippen LogP contribution in [0.3, 0.4) is 0 Å². The number of nitrogens with one attached hydrogen (secondary N) is 1. The Morgan fingerprint density at radius 3 is 2.73 bits per heavy atom. The molecule has 2 aromatic carbocycles. The number of rotatable bonds is 4. The van der Waals surface area contributed by atoms with Gasteiger partial charge in [0, 0.05) is 22.7 Å². The number of hydrogen-bond donors (Lipinski definition) is 1. The first-order valence-electron chi connectivity index (χ1n) is 6.02. The van der Waals surface area contributed by atoms with E-state index in [1.807, 2.05) is 0 Å². The lowest BCUT2D eigenvalue weighted by molar-refractivity contribution is -0.385. The lowest BCUT2D eigenvalue weighted by Gasteiger charge is -2.08. The number of non-ortho nitro benzene ring substituents is 1. The van der Waals surface area contributed by atoms with Crippen molar-refractivity contribution in [2.24, 2.45) is 5.10 Å². The molecule has 8 heteroatoms. The molecule has 0 saturated heterocycles. The second-order valence-electron chi connectivity index (χ2n) is 4.19. The first kappa shape index (κ1) is 15.5. The highest BCUT2D eigenvalue weighted by Gasteiger charge is 2.06. The number of amides is 1. The van der Waals surface area contributed by atoms with Crippen molar-refractivity contribution in [1.82, 2.24) is 5.43 Å². The molecule has 0 spiro atoms. The Balaban J connectivity index is 2.11. The number of hydrazone groups is 1. The van der Waals surface area contributed by atoms with E-state index in [9.17, 15) is 20.0 Å². The zero-order valence-corrected chi connectivity index (χ0v) is 11.8. The number of hydrogen-bond acceptors (Lipinski definition) is 5. The fourth-order valence-electron chi connectivity index (χ4n) is 1.61. The first-order valence-corrected chi connectivity index (χ1v) is 6.39. The van der Waals surface area contributed by atoms with Crippen LogP contribution >= 0.6 is 11.6 Å². The quantitative estimate of drug-likeness (QED) is 0.529. The van der Waals surface area contributed by atoms with Crippen molar-refractivity contribution in [3.05, 3.63) is 68.7 Å². The molecule has 0 aliphatic rings. The van der Waals surface area contributed by atoms with E-state index >= 15 is 0 Å². The summed E-state index contributed by atoms with van der Waals surface area (Å²) in [6, 6.07) is 9.48. The molecular formula is C14H9ClN3O4-. The Kier molecular flexibility index (Phi) is 4.70. The maximum absolute atomic E-state index is 11.8. The van der Waals surface area contributed by atoms with E-state index in [-0.39, 0.29) is 11.3 Å². The van der Waals surface area contributed by atoms with Crippen LogP contribution in [0.2, 0.25) is 5.02 Å². The van der Waals surface area contributed by atoms with Crippen LogP contribution in [0.25, 0.3) is 0 Å². The highest BCUT2D eigenvalue weighted by Crippen LogP contribution is 2.19. The Morgan fingerprint density at radius 2 is 2.05 bits per heavy atom. The summed E-state index contributed by atoms with van der Waals surface area (Å²) in [5.74, 6) is -0.956. The molecule has 0 heterocycles. The Hall–Kier alpha value is -2.93. The molecule has 2 rings (SSSR count). The number of nitro benzene ring substituents is 1. The van der Waals surface area contributed by atoms with Crippen LogP contribution in [-0.4, -0.2) is 17.0 Å². The highest BCUT2D eigenvalue weighted by molar-refractivity contribution is 6.30. The molecule has 0 saturated carbocycles. The molecule has 0 aliphatic carbocycles. The molecule has 0 aromatic heterocycles. The fraction of sp³-hybridized carbons (Fsp3) is 0. The molecule has 0 bridgehead atoms. The molecule has 2 aromatic rings.